The summed E-state index contributed by atoms with van der Waals surface area (Å²) in [5, 5.41) is 7.00. The first kappa shape index (κ1) is 20.9. The second-order valence-electron chi connectivity index (χ2n) is 7.34. The number of piperazine rings is 1. The van der Waals surface area contributed by atoms with Crippen LogP contribution in [0.4, 0.5) is 0 Å². The summed E-state index contributed by atoms with van der Waals surface area (Å²) < 4.78 is 0. The van der Waals surface area contributed by atoms with Gasteiger partial charge in [0.25, 0.3) is 0 Å². The van der Waals surface area contributed by atoms with E-state index in [0.717, 1.165) is 25.0 Å². The molecule has 0 amide bonds. The topological polar surface area (TPSA) is 30.0 Å². The summed E-state index contributed by atoms with van der Waals surface area (Å²) in [5.41, 5.74) is 0. The Morgan fingerprint density at radius 3 is 1.87 bits per heavy atom. The molecule has 0 bridgehead atoms. The molecule has 0 atom stereocenters. The van der Waals surface area contributed by atoms with E-state index in [0.29, 0.717) is 0 Å². The molecular weight excluding hydrogens is 286 g/mol. The van der Waals surface area contributed by atoms with Crippen molar-refractivity contribution in [2.24, 2.45) is 11.8 Å². The van der Waals surface area contributed by atoms with Crippen molar-refractivity contribution in [3.8, 4) is 0 Å². The molecular formula is C19H41N3O. The molecule has 4 nitrogen and oxygen atoms in total. The molecule has 3 rings (SSSR count). The van der Waals surface area contributed by atoms with E-state index in [9.17, 15) is 0 Å². The van der Waals surface area contributed by atoms with E-state index >= 15 is 0 Å². The molecule has 0 spiro atoms. The van der Waals surface area contributed by atoms with Crippen LogP contribution < -0.4 is 0 Å². The highest BCUT2D eigenvalue weighted by Gasteiger charge is 2.29. The van der Waals surface area contributed by atoms with Gasteiger partial charge in [-0.05, 0) is 44.6 Å². The summed E-state index contributed by atoms with van der Waals surface area (Å²) in [6.45, 7) is 15.7. The molecule has 3 aliphatic rings. The van der Waals surface area contributed by atoms with Crippen molar-refractivity contribution in [3.05, 3.63) is 0 Å². The number of nitrogens with zero attached hydrogens (tertiary/aromatic N) is 3. The Hall–Kier alpha value is -0.160. The second-order valence-corrected chi connectivity index (χ2v) is 7.34. The van der Waals surface area contributed by atoms with Crippen LogP contribution in [0.1, 0.15) is 46.5 Å². The Morgan fingerprint density at radius 1 is 0.870 bits per heavy atom. The average Bonchev–Trinajstić information content (AvgIpc) is 2.59. The van der Waals surface area contributed by atoms with E-state index in [1.807, 2.05) is 13.8 Å². The van der Waals surface area contributed by atoms with Crippen molar-refractivity contribution in [1.82, 2.24) is 14.7 Å². The Morgan fingerprint density at radius 2 is 1.39 bits per heavy atom. The van der Waals surface area contributed by atoms with Gasteiger partial charge in [-0.2, -0.15) is 0 Å². The second kappa shape index (κ2) is 11.4. The monoisotopic (exact) mass is 327 g/mol. The maximum atomic E-state index is 7.00. The molecule has 0 aromatic rings. The van der Waals surface area contributed by atoms with Crippen LogP contribution in [0.5, 0.6) is 0 Å². The standard InChI is InChI=1S/C16H31N3.C2H6.CH4O/c1-14-3-5-16(6-4-14)19-9-7-18(8-10-19)13-15-11-17(2)12-15;2*1-2/h14-16H,3-13H2,1-2H3;1-2H3;2H,1H3. The smallest absolute Gasteiger partial charge is 0.0319 e. The fourth-order valence-electron chi connectivity index (χ4n) is 4.23. The van der Waals surface area contributed by atoms with Gasteiger partial charge in [-0.15, -0.1) is 0 Å². The summed E-state index contributed by atoms with van der Waals surface area (Å²) in [6, 6.07) is 0.910. The minimum Gasteiger partial charge on any atom is -0.400 e. The normalized spacial score (nSPS) is 30.5. The van der Waals surface area contributed by atoms with Gasteiger partial charge >= 0.3 is 0 Å². The SMILES string of the molecule is CC.CC1CCC(N2CCN(CC3CN(C)C3)CC2)CC1.CO. The van der Waals surface area contributed by atoms with Crippen molar-refractivity contribution in [2.75, 3.05) is 60.0 Å². The third kappa shape index (κ3) is 6.69. The Kier molecular flexibility index (Phi) is 10.4. The van der Waals surface area contributed by atoms with Gasteiger partial charge in [-0.3, -0.25) is 4.90 Å². The van der Waals surface area contributed by atoms with Gasteiger partial charge in [-0.1, -0.05) is 20.8 Å². The molecule has 0 aromatic heterocycles. The number of likely N-dealkylation sites (tertiary alicyclic amines) is 1. The lowest BCUT2D eigenvalue weighted by molar-refractivity contribution is 0.0390. The van der Waals surface area contributed by atoms with Gasteiger partial charge in [0, 0.05) is 59.0 Å². The van der Waals surface area contributed by atoms with Gasteiger partial charge in [0.15, 0.2) is 0 Å². The Labute approximate surface area is 144 Å². The van der Waals surface area contributed by atoms with E-state index in [-0.39, 0.29) is 0 Å². The molecule has 23 heavy (non-hydrogen) atoms. The van der Waals surface area contributed by atoms with E-state index in [4.69, 9.17) is 5.11 Å². The first-order valence-corrected chi connectivity index (χ1v) is 9.80. The van der Waals surface area contributed by atoms with Crippen molar-refractivity contribution < 1.29 is 5.11 Å². The van der Waals surface area contributed by atoms with E-state index < -0.39 is 0 Å². The van der Waals surface area contributed by atoms with E-state index in [1.54, 1.807) is 0 Å². The van der Waals surface area contributed by atoms with Crippen LogP contribution >= 0.6 is 0 Å². The maximum Gasteiger partial charge on any atom is 0.0319 e. The fraction of sp³-hybridized carbons (Fsp3) is 1.00. The lowest BCUT2D eigenvalue weighted by Crippen LogP contribution is -2.55. The van der Waals surface area contributed by atoms with Crippen molar-refractivity contribution in [1.29, 1.82) is 0 Å². The van der Waals surface area contributed by atoms with E-state index in [1.165, 1.54) is 71.5 Å². The van der Waals surface area contributed by atoms with Crippen molar-refractivity contribution >= 4 is 0 Å². The van der Waals surface area contributed by atoms with Crippen LogP contribution in [0.3, 0.4) is 0 Å². The molecule has 1 aliphatic carbocycles. The first-order chi connectivity index (χ1) is 11.2. The highest BCUT2D eigenvalue weighted by molar-refractivity contribution is 4.85. The lowest BCUT2D eigenvalue weighted by Gasteiger charge is -2.44. The zero-order chi connectivity index (χ0) is 17.2. The fourth-order valence-corrected chi connectivity index (χ4v) is 4.23. The predicted octanol–water partition coefficient (Wildman–Crippen LogP) is 2.38. The molecule has 1 saturated carbocycles. The Bertz CT molecular complexity index is 278. The summed E-state index contributed by atoms with van der Waals surface area (Å²) in [4.78, 5) is 7.93. The van der Waals surface area contributed by atoms with E-state index in [2.05, 4.69) is 28.7 Å². The van der Waals surface area contributed by atoms with Gasteiger partial charge in [0.1, 0.15) is 0 Å². The molecule has 138 valence electrons. The minimum atomic E-state index is 0.910. The molecule has 2 aliphatic heterocycles. The maximum absolute atomic E-state index is 7.00. The molecule has 3 fully saturated rings. The summed E-state index contributed by atoms with van der Waals surface area (Å²) >= 11 is 0. The first-order valence-electron chi connectivity index (χ1n) is 9.80. The molecule has 4 heteroatoms. The van der Waals surface area contributed by atoms with Crippen molar-refractivity contribution in [2.45, 2.75) is 52.5 Å². The highest BCUT2D eigenvalue weighted by atomic mass is 16.2. The zero-order valence-electron chi connectivity index (χ0n) is 16.3. The number of aliphatic hydroxyl groups excluding tert-OH is 1. The van der Waals surface area contributed by atoms with Gasteiger partial charge in [0.05, 0.1) is 0 Å². The van der Waals surface area contributed by atoms with Crippen LogP contribution in [-0.2, 0) is 0 Å². The molecule has 0 unspecified atom stereocenters. The molecule has 2 saturated heterocycles. The van der Waals surface area contributed by atoms with Crippen LogP contribution in [0.15, 0.2) is 0 Å². The number of hydrogen-bond donors (Lipinski definition) is 1. The predicted molar refractivity (Wildman–Crippen MR) is 99.9 cm³/mol. The highest BCUT2D eigenvalue weighted by Crippen LogP contribution is 2.27. The van der Waals surface area contributed by atoms with Crippen LogP contribution in [0.2, 0.25) is 0 Å². The number of hydrogen-bond acceptors (Lipinski definition) is 4. The average molecular weight is 328 g/mol. The largest absolute Gasteiger partial charge is 0.400 e. The summed E-state index contributed by atoms with van der Waals surface area (Å²) in [5.74, 6) is 1.93. The van der Waals surface area contributed by atoms with Gasteiger partial charge in [-0.25, -0.2) is 0 Å². The van der Waals surface area contributed by atoms with Crippen molar-refractivity contribution in [3.63, 3.8) is 0 Å². The molecule has 0 aromatic carbocycles. The third-order valence-corrected chi connectivity index (χ3v) is 5.56. The van der Waals surface area contributed by atoms with Gasteiger partial charge in [0.2, 0.25) is 0 Å². The van der Waals surface area contributed by atoms with Gasteiger partial charge < -0.3 is 14.9 Å². The molecule has 1 N–H and O–H groups in total. The Balaban J connectivity index is 0.000000615. The minimum absolute atomic E-state index is 0.910. The molecule has 2 heterocycles. The number of aliphatic hydroxyl groups is 1. The van der Waals surface area contributed by atoms with Crippen LogP contribution in [0, 0.1) is 11.8 Å². The summed E-state index contributed by atoms with van der Waals surface area (Å²) in [7, 11) is 3.23. The quantitative estimate of drug-likeness (QED) is 0.862. The summed E-state index contributed by atoms with van der Waals surface area (Å²) in [6.07, 6.45) is 5.82. The molecule has 0 radical (unpaired) electrons. The van der Waals surface area contributed by atoms with Crippen LogP contribution in [0.25, 0.3) is 0 Å². The number of rotatable bonds is 3. The lowest BCUT2D eigenvalue weighted by atomic mass is 9.86. The van der Waals surface area contributed by atoms with Crippen LogP contribution in [-0.4, -0.2) is 85.8 Å². The third-order valence-electron chi connectivity index (χ3n) is 5.56. The zero-order valence-corrected chi connectivity index (χ0v) is 16.3.